The number of rotatable bonds is 9. The highest BCUT2D eigenvalue weighted by atomic mass is 19.3. The van der Waals surface area contributed by atoms with E-state index in [1.807, 2.05) is 19.2 Å². The predicted octanol–water partition coefficient (Wildman–Crippen LogP) is 2.93. The van der Waals surface area contributed by atoms with Crippen LogP contribution in [0.2, 0.25) is 0 Å². The summed E-state index contributed by atoms with van der Waals surface area (Å²) in [7, 11) is 2.04. The summed E-state index contributed by atoms with van der Waals surface area (Å²) < 4.78 is 35.7. The Kier molecular flexibility index (Phi) is 7.14. The molecule has 36 heavy (non-hydrogen) atoms. The normalized spacial score (nSPS) is 17.2. The lowest BCUT2D eigenvalue weighted by Gasteiger charge is -2.44. The lowest BCUT2D eigenvalue weighted by molar-refractivity contribution is -0.107. The summed E-state index contributed by atoms with van der Waals surface area (Å²) in [5.41, 5.74) is 1.88. The molecule has 2 aliphatic rings. The van der Waals surface area contributed by atoms with Crippen molar-refractivity contribution in [3.05, 3.63) is 48.2 Å². The third-order valence-electron chi connectivity index (χ3n) is 6.76. The van der Waals surface area contributed by atoms with Crippen molar-refractivity contribution in [1.29, 1.82) is 0 Å². The quantitative estimate of drug-likeness (QED) is 0.411. The molecule has 2 fully saturated rings. The van der Waals surface area contributed by atoms with Crippen molar-refractivity contribution in [2.24, 2.45) is 0 Å². The fraction of sp³-hybridized carbons (Fsp3) is 0.458. The zero-order valence-electron chi connectivity index (χ0n) is 19.8. The van der Waals surface area contributed by atoms with E-state index in [-0.39, 0.29) is 12.4 Å². The standard InChI is InChI=1S/C24H27F2N7O3/c1-31(18-6-9-32(10-7-18)19-13-35-14-19)20-3-2-8-27-22(20)33(15-34)12-17-5-4-16(11-28-17)23-29-30-24(36-23)21(25)26/h2-5,8,11,15,18-19,21H,6-7,9-10,12-14H2,1H3. The van der Waals surface area contributed by atoms with Crippen LogP contribution in [0.1, 0.15) is 30.9 Å². The number of likely N-dealkylation sites (tertiary alicyclic amines) is 1. The first-order valence-corrected chi connectivity index (χ1v) is 11.8. The Labute approximate surface area is 206 Å². The van der Waals surface area contributed by atoms with Crippen molar-refractivity contribution in [3.8, 4) is 11.5 Å². The number of amides is 1. The van der Waals surface area contributed by atoms with Crippen molar-refractivity contribution >= 4 is 17.9 Å². The number of halogens is 2. The van der Waals surface area contributed by atoms with Crippen molar-refractivity contribution < 1.29 is 22.7 Å². The molecule has 0 aromatic carbocycles. The lowest BCUT2D eigenvalue weighted by Crippen LogP contribution is -2.54. The minimum atomic E-state index is -2.84. The van der Waals surface area contributed by atoms with E-state index in [1.165, 1.54) is 11.1 Å². The van der Waals surface area contributed by atoms with Gasteiger partial charge in [-0.25, -0.2) is 4.98 Å². The smallest absolute Gasteiger partial charge is 0.314 e. The van der Waals surface area contributed by atoms with Crippen molar-refractivity contribution in [2.45, 2.75) is 37.9 Å². The first kappa shape index (κ1) is 24.2. The molecule has 0 N–H and O–H groups in total. The highest BCUT2D eigenvalue weighted by Gasteiger charge is 2.31. The third-order valence-corrected chi connectivity index (χ3v) is 6.76. The van der Waals surface area contributed by atoms with Crippen LogP contribution < -0.4 is 9.80 Å². The average Bonchev–Trinajstić information content (AvgIpc) is 3.38. The van der Waals surface area contributed by atoms with Crippen LogP contribution in [0, 0.1) is 0 Å². The maximum absolute atomic E-state index is 12.7. The van der Waals surface area contributed by atoms with Crippen molar-refractivity contribution in [1.82, 2.24) is 25.1 Å². The van der Waals surface area contributed by atoms with Crippen molar-refractivity contribution in [3.63, 3.8) is 0 Å². The van der Waals surface area contributed by atoms with Crippen LogP contribution in [0.5, 0.6) is 0 Å². The molecule has 2 saturated heterocycles. The monoisotopic (exact) mass is 499 g/mol. The van der Waals surface area contributed by atoms with Gasteiger partial charge in [0.15, 0.2) is 5.82 Å². The molecule has 2 aliphatic heterocycles. The van der Waals surface area contributed by atoms with E-state index < -0.39 is 12.3 Å². The van der Waals surface area contributed by atoms with Gasteiger partial charge in [0.25, 0.3) is 5.89 Å². The topological polar surface area (TPSA) is 101 Å². The summed E-state index contributed by atoms with van der Waals surface area (Å²) in [5.74, 6) is -0.231. The minimum absolute atomic E-state index is 0.0406. The molecule has 190 valence electrons. The van der Waals surface area contributed by atoms with Crippen LogP contribution in [0.25, 0.3) is 11.5 Å². The van der Waals surface area contributed by atoms with E-state index in [2.05, 4.69) is 30.0 Å². The number of hydrogen-bond acceptors (Lipinski definition) is 9. The number of carbonyl (C=O) groups is 1. The number of aromatic nitrogens is 4. The van der Waals surface area contributed by atoms with E-state index in [0.717, 1.165) is 51.2 Å². The molecule has 12 heteroatoms. The van der Waals surface area contributed by atoms with E-state index >= 15 is 0 Å². The highest BCUT2D eigenvalue weighted by Crippen LogP contribution is 2.31. The molecule has 1 amide bonds. The van der Waals surface area contributed by atoms with Gasteiger partial charge < -0.3 is 14.1 Å². The van der Waals surface area contributed by atoms with Gasteiger partial charge in [0.1, 0.15) is 0 Å². The maximum Gasteiger partial charge on any atom is 0.314 e. The Morgan fingerprint density at radius 2 is 1.97 bits per heavy atom. The van der Waals surface area contributed by atoms with Gasteiger partial charge in [-0.15, -0.1) is 10.2 Å². The molecule has 0 unspecified atom stereocenters. The third kappa shape index (κ3) is 5.05. The fourth-order valence-electron chi connectivity index (χ4n) is 4.57. The van der Waals surface area contributed by atoms with Crippen LogP contribution in [0.3, 0.4) is 0 Å². The molecule has 0 atom stereocenters. The average molecular weight is 500 g/mol. The van der Waals surface area contributed by atoms with Gasteiger partial charge in [0.05, 0.1) is 42.7 Å². The molecule has 10 nitrogen and oxygen atoms in total. The number of carbonyl (C=O) groups excluding carboxylic acids is 1. The second-order valence-corrected chi connectivity index (χ2v) is 8.93. The number of anilines is 2. The van der Waals surface area contributed by atoms with Crippen molar-refractivity contribution in [2.75, 3.05) is 43.2 Å². The number of piperidine rings is 1. The zero-order valence-corrected chi connectivity index (χ0v) is 19.8. The Bertz CT molecular complexity index is 1160. The number of hydrogen-bond donors (Lipinski definition) is 0. The van der Waals surface area contributed by atoms with Gasteiger partial charge in [-0.05, 0) is 37.1 Å². The summed E-state index contributed by atoms with van der Waals surface area (Å²) >= 11 is 0. The number of pyridine rings is 2. The van der Waals surface area contributed by atoms with Gasteiger partial charge in [-0.1, -0.05) is 0 Å². The summed E-state index contributed by atoms with van der Waals surface area (Å²) in [4.78, 5) is 27.2. The first-order chi connectivity index (χ1) is 17.5. The van der Waals surface area contributed by atoms with Crippen LogP contribution in [-0.4, -0.2) is 76.9 Å². The number of nitrogens with zero attached hydrogens (tertiary/aromatic N) is 7. The summed E-state index contributed by atoms with van der Waals surface area (Å²) in [6.45, 7) is 3.87. The second kappa shape index (κ2) is 10.6. The van der Waals surface area contributed by atoms with Crippen LogP contribution in [0.4, 0.5) is 20.3 Å². The van der Waals surface area contributed by atoms with E-state index in [1.54, 1.807) is 18.3 Å². The molecule has 3 aromatic rings. The summed E-state index contributed by atoms with van der Waals surface area (Å²) in [5, 5.41) is 6.96. The molecular formula is C24H27F2N7O3. The largest absolute Gasteiger partial charge is 0.415 e. The van der Waals surface area contributed by atoms with E-state index in [4.69, 9.17) is 9.15 Å². The minimum Gasteiger partial charge on any atom is -0.415 e. The van der Waals surface area contributed by atoms with Gasteiger partial charge >= 0.3 is 6.43 Å². The fourth-order valence-corrected chi connectivity index (χ4v) is 4.57. The lowest BCUT2D eigenvalue weighted by atomic mass is 10.0. The van der Waals surface area contributed by atoms with E-state index in [9.17, 15) is 13.6 Å². The maximum atomic E-state index is 12.7. The zero-order chi connectivity index (χ0) is 25.1. The number of alkyl halides is 2. The molecule has 5 rings (SSSR count). The molecule has 0 radical (unpaired) electrons. The van der Waals surface area contributed by atoms with Crippen LogP contribution in [-0.2, 0) is 16.1 Å². The van der Waals surface area contributed by atoms with Crippen LogP contribution in [0.15, 0.2) is 41.1 Å². The molecule has 3 aromatic heterocycles. The summed E-state index contributed by atoms with van der Waals surface area (Å²) in [6.07, 6.45) is 3.06. The van der Waals surface area contributed by atoms with Gasteiger partial charge in [-0.2, -0.15) is 8.78 Å². The Hall–Kier alpha value is -3.51. The molecule has 5 heterocycles. The number of ether oxygens (including phenoxy) is 1. The Morgan fingerprint density at radius 3 is 2.58 bits per heavy atom. The Morgan fingerprint density at radius 1 is 1.17 bits per heavy atom. The molecule has 0 saturated carbocycles. The Balaban J connectivity index is 1.27. The second-order valence-electron chi connectivity index (χ2n) is 8.93. The van der Waals surface area contributed by atoms with Gasteiger partial charge in [0.2, 0.25) is 12.3 Å². The first-order valence-electron chi connectivity index (χ1n) is 11.8. The van der Waals surface area contributed by atoms with Gasteiger partial charge in [-0.3, -0.25) is 19.6 Å². The van der Waals surface area contributed by atoms with Gasteiger partial charge in [0, 0.05) is 38.6 Å². The molecule has 0 spiro atoms. The van der Waals surface area contributed by atoms with E-state index in [0.29, 0.717) is 29.2 Å². The molecule has 0 aliphatic carbocycles. The highest BCUT2D eigenvalue weighted by molar-refractivity contribution is 5.81. The molecule has 0 bridgehead atoms. The molecular weight excluding hydrogens is 472 g/mol. The van der Waals surface area contributed by atoms with Crippen LogP contribution >= 0.6 is 0 Å². The predicted molar refractivity (Wildman–Crippen MR) is 127 cm³/mol. The summed E-state index contributed by atoms with van der Waals surface area (Å²) in [6, 6.07) is 8.04. The SMILES string of the molecule is CN(c1cccnc1N(C=O)Cc1ccc(-c2nnc(C(F)F)o2)cn1)C1CCN(C2COC2)CC1.